The summed E-state index contributed by atoms with van der Waals surface area (Å²) in [5.41, 5.74) is -1.89. The second kappa shape index (κ2) is 11.8. The van der Waals surface area contributed by atoms with Crippen molar-refractivity contribution in [3.63, 3.8) is 0 Å². The fourth-order valence-electron chi connectivity index (χ4n) is 2.98. The maximum atomic E-state index is 15.0. The summed E-state index contributed by atoms with van der Waals surface area (Å²) >= 11 is 4.98. The zero-order valence-corrected chi connectivity index (χ0v) is 20.7. The van der Waals surface area contributed by atoms with Crippen LogP contribution in [0.5, 0.6) is 0 Å². The molecule has 0 aliphatic rings. The lowest BCUT2D eigenvalue weighted by molar-refractivity contribution is 0.0354. The summed E-state index contributed by atoms with van der Waals surface area (Å²) in [5.74, 6) is 2.15. The molecule has 30 heavy (non-hydrogen) atoms. The molecule has 2 rings (SSSR count). The Hall–Kier alpha value is -0.720. The third kappa shape index (κ3) is 6.39. The highest BCUT2D eigenvalue weighted by atomic mass is 79.9. The molecule has 166 valence electrons. The van der Waals surface area contributed by atoms with Gasteiger partial charge in [-0.1, -0.05) is 65.3 Å². The van der Waals surface area contributed by atoms with E-state index >= 15 is 0 Å². The Morgan fingerprint density at radius 2 is 1.73 bits per heavy atom. The molecule has 0 aliphatic carbocycles. The predicted octanol–water partition coefficient (Wildman–Crippen LogP) is 8.19. The fourth-order valence-corrected chi connectivity index (χ4v) is 6.45. The van der Waals surface area contributed by atoms with Crippen molar-refractivity contribution in [2.45, 2.75) is 44.5 Å². The zero-order valence-electron chi connectivity index (χ0n) is 17.4. The molecular formula is C22H28BrF2O3PS. The summed E-state index contributed by atoms with van der Waals surface area (Å²) < 4.78 is 52.5. The molecule has 0 fully saturated rings. The molecule has 0 saturated heterocycles. The number of halogens is 3. The van der Waals surface area contributed by atoms with Gasteiger partial charge in [-0.25, -0.2) is 0 Å². The van der Waals surface area contributed by atoms with Crippen molar-refractivity contribution in [3.05, 3.63) is 69.7 Å². The van der Waals surface area contributed by atoms with E-state index in [1.165, 1.54) is 25.5 Å². The number of benzene rings is 2. The minimum atomic E-state index is -4.62. The van der Waals surface area contributed by atoms with Crippen molar-refractivity contribution in [3.8, 4) is 0 Å². The van der Waals surface area contributed by atoms with Gasteiger partial charge in [-0.3, -0.25) is 4.57 Å². The van der Waals surface area contributed by atoms with E-state index < -0.39 is 13.3 Å². The molecule has 1 atom stereocenters. The first-order chi connectivity index (χ1) is 14.2. The van der Waals surface area contributed by atoms with Crippen LogP contribution in [-0.2, 0) is 25.0 Å². The van der Waals surface area contributed by atoms with Crippen LogP contribution in [0.25, 0.3) is 0 Å². The van der Waals surface area contributed by atoms with Gasteiger partial charge in [0.25, 0.3) is 0 Å². The van der Waals surface area contributed by atoms with Gasteiger partial charge in [-0.2, -0.15) is 20.5 Å². The summed E-state index contributed by atoms with van der Waals surface area (Å²) in [6, 6.07) is 15.0. The topological polar surface area (TPSA) is 35.5 Å². The van der Waals surface area contributed by atoms with E-state index in [0.717, 1.165) is 17.7 Å². The highest BCUT2D eigenvalue weighted by Crippen LogP contribution is 2.67. The van der Waals surface area contributed by atoms with Crippen LogP contribution in [0, 0.1) is 0 Å². The fraction of sp³-hybridized carbons (Fsp3) is 0.455. The van der Waals surface area contributed by atoms with E-state index in [4.69, 9.17) is 9.05 Å². The molecule has 3 nitrogen and oxygen atoms in total. The van der Waals surface area contributed by atoms with Crippen LogP contribution in [-0.4, -0.2) is 19.0 Å². The lowest BCUT2D eigenvalue weighted by Crippen LogP contribution is -2.19. The van der Waals surface area contributed by atoms with E-state index in [9.17, 15) is 13.3 Å². The Morgan fingerprint density at radius 1 is 1.10 bits per heavy atom. The van der Waals surface area contributed by atoms with Gasteiger partial charge in [0.1, 0.15) is 0 Å². The van der Waals surface area contributed by atoms with Crippen molar-refractivity contribution >= 4 is 35.3 Å². The molecule has 0 radical (unpaired) electrons. The average molecular weight is 521 g/mol. The van der Waals surface area contributed by atoms with E-state index in [1.807, 2.05) is 18.2 Å². The number of rotatable bonds is 12. The van der Waals surface area contributed by atoms with Gasteiger partial charge in [0, 0.05) is 15.8 Å². The second-order valence-corrected chi connectivity index (χ2v) is 10.9. The van der Waals surface area contributed by atoms with Crippen LogP contribution in [0.3, 0.4) is 0 Å². The van der Waals surface area contributed by atoms with Crippen molar-refractivity contribution in [1.29, 1.82) is 0 Å². The molecule has 0 aromatic heterocycles. The SMILES string of the molecule is CCOP(=O)(OCC)C(F)(F)c1ccc(CSCCC(C)c2ccccc2)cc1Br. The highest BCUT2D eigenvalue weighted by molar-refractivity contribution is 9.10. The monoisotopic (exact) mass is 520 g/mol. The van der Waals surface area contributed by atoms with E-state index in [-0.39, 0.29) is 23.2 Å². The third-order valence-corrected chi connectivity index (χ3v) is 8.48. The number of alkyl halides is 2. The Balaban J connectivity index is 2.00. The highest BCUT2D eigenvalue weighted by Gasteiger charge is 2.55. The minimum Gasteiger partial charge on any atom is -0.304 e. The maximum absolute atomic E-state index is 15.0. The van der Waals surface area contributed by atoms with Gasteiger partial charge in [0.05, 0.1) is 13.2 Å². The quantitative estimate of drug-likeness (QED) is 0.208. The zero-order chi connectivity index (χ0) is 22.2. The Kier molecular flexibility index (Phi) is 10.0. The summed E-state index contributed by atoms with van der Waals surface area (Å²) in [5, 5.41) is 0. The molecule has 2 aromatic carbocycles. The summed E-state index contributed by atoms with van der Waals surface area (Å²) in [4.78, 5) is 0. The molecule has 0 heterocycles. The Labute approximate surface area is 190 Å². The van der Waals surface area contributed by atoms with Crippen molar-refractivity contribution < 1.29 is 22.4 Å². The molecule has 0 amide bonds. The largest absolute Gasteiger partial charge is 0.404 e. The predicted molar refractivity (Wildman–Crippen MR) is 125 cm³/mol. The van der Waals surface area contributed by atoms with Gasteiger partial charge in [-0.05, 0) is 49.1 Å². The van der Waals surface area contributed by atoms with Crippen molar-refractivity contribution in [2.75, 3.05) is 19.0 Å². The van der Waals surface area contributed by atoms with Crippen LogP contribution in [0.2, 0.25) is 0 Å². The third-order valence-electron chi connectivity index (χ3n) is 4.63. The summed E-state index contributed by atoms with van der Waals surface area (Å²) in [6.45, 7) is 4.98. The minimum absolute atomic E-state index is 0.124. The van der Waals surface area contributed by atoms with Crippen LogP contribution in [0.15, 0.2) is 53.0 Å². The molecule has 2 aromatic rings. The maximum Gasteiger partial charge on any atom is 0.404 e. The van der Waals surface area contributed by atoms with Crippen LogP contribution >= 0.6 is 35.3 Å². The molecule has 0 saturated carbocycles. The molecular weight excluding hydrogens is 493 g/mol. The number of hydrogen-bond donors (Lipinski definition) is 0. The van der Waals surface area contributed by atoms with E-state index in [0.29, 0.717) is 11.7 Å². The molecule has 0 aliphatic heterocycles. The summed E-state index contributed by atoms with van der Waals surface area (Å²) in [6.07, 6.45) is 1.04. The first-order valence-electron chi connectivity index (χ1n) is 9.93. The van der Waals surface area contributed by atoms with Crippen molar-refractivity contribution in [1.82, 2.24) is 0 Å². The number of hydrogen-bond acceptors (Lipinski definition) is 4. The van der Waals surface area contributed by atoms with Gasteiger partial charge in [0.2, 0.25) is 0 Å². The molecule has 8 heteroatoms. The molecule has 0 bridgehead atoms. The smallest absolute Gasteiger partial charge is 0.304 e. The van der Waals surface area contributed by atoms with Crippen LogP contribution in [0.1, 0.15) is 49.8 Å². The Morgan fingerprint density at radius 3 is 2.30 bits per heavy atom. The standard InChI is InChI=1S/C22H28BrF2O3PS/c1-4-27-29(26,28-5-2)22(24,25)20-12-11-18(15-21(20)23)16-30-14-13-17(3)19-9-7-6-8-10-19/h6-12,15,17H,4-5,13-14,16H2,1-3H3. The first kappa shape index (κ1) is 25.5. The van der Waals surface area contributed by atoms with Gasteiger partial charge in [-0.15, -0.1) is 0 Å². The van der Waals surface area contributed by atoms with Crippen molar-refractivity contribution in [2.24, 2.45) is 0 Å². The van der Waals surface area contributed by atoms with Gasteiger partial charge in [0.15, 0.2) is 0 Å². The first-order valence-corrected chi connectivity index (χ1v) is 13.4. The van der Waals surface area contributed by atoms with Crippen LogP contribution < -0.4 is 0 Å². The molecule has 1 unspecified atom stereocenters. The lowest BCUT2D eigenvalue weighted by Gasteiger charge is -2.26. The van der Waals surface area contributed by atoms with E-state index in [1.54, 1.807) is 23.9 Å². The average Bonchev–Trinajstić information content (AvgIpc) is 2.72. The van der Waals surface area contributed by atoms with Gasteiger partial charge < -0.3 is 9.05 Å². The second-order valence-electron chi connectivity index (χ2n) is 6.84. The van der Waals surface area contributed by atoms with E-state index in [2.05, 4.69) is 35.0 Å². The molecule has 0 spiro atoms. The normalized spacial score (nSPS) is 13.4. The number of thioether (sulfide) groups is 1. The van der Waals surface area contributed by atoms with Crippen LogP contribution in [0.4, 0.5) is 8.78 Å². The summed E-state index contributed by atoms with van der Waals surface area (Å²) in [7, 11) is -4.62. The lowest BCUT2D eigenvalue weighted by atomic mass is 9.99. The van der Waals surface area contributed by atoms with Gasteiger partial charge >= 0.3 is 13.3 Å². The Bertz CT molecular complexity index is 842. The molecule has 0 N–H and O–H groups in total.